The maximum atomic E-state index is 11.7. The Hall–Kier alpha value is -1.95. The minimum absolute atomic E-state index is 0.291. The van der Waals surface area contributed by atoms with Gasteiger partial charge in [0.15, 0.2) is 5.69 Å². The minimum Gasteiger partial charge on any atom is -0.274 e. The summed E-state index contributed by atoms with van der Waals surface area (Å²) in [4.78, 5) is 20.4. The molecule has 0 spiro atoms. The van der Waals surface area contributed by atoms with Crippen molar-refractivity contribution in [2.75, 3.05) is 14.2 Å². The lowest BCUT2D eigenvalue weighted by Crippen LogP contribution is -2.25. The molecule has 0 bridgehead atoms. The summed E-state index contributed by atoms with van der Waals surface area (Å²) in [6.07, 6.45) is 4.92. The molecule has 78 valence electrons. The second-order valence-electron chi connectivity index (χ2n) is 2.96. The molecule has 6 heteroatoms. The second kappa shape index (κ2) is 3.66. The average molecular weight is 206 g/mol. The van der Waals surface area contributed by atoms with Crippen LogP contribution in [0.2, 0.25) is 0 Å². The molecule has 0 fully saturated rings. The first-order chi connectivity index (χ1) is 7.22. The van der Waals surface area contributed by atoms with Gasteiger partial charge in [0.1, 0.15) is 0 Å². The molecule has 0 aliphatic carbocycles. The van der Waals surface area contributed by atoms with E-state index in [0.717, 1.165) is 10.6 Å². The molecule has 2 aromatic heterocycles. The molecule has 2 aromatic rings. The van der Waals surface area contributed by atoms with Gasteiger partial charge >= 0.3 is 0 Å². The molecular weight excluding hydrogens is 196 g/mol. The van der Waals surface area contributed by atoms with Crippen LogP contribution >= 0.6 is 0 Å². The molecule has 2 rings (SSSR count). The van der Waals surface area contributed by atoms with E-state index in [1.54, 1.807) is 29.2 Å². The number of fused-ring (bicyclic) bond motifs is 1. The lowest BCUT2D eigenvalue weighted by atomic mass is 10.4. The van der Waals surface area contributed by atoms with Crippen molar-refractivity contribution in [1.82, 2.24) is 19.7 Å². The Morgan fingerprint density at radius 3 is 3.07 bits per heavy atom. The van der Waals surface area contributed by atoms with Crippen molar-refractivity contribution in [3.8, 4) is 0 Å². The van der Waals surface area contributed by atoms with Crippen LogP contribution < -0.4 is 0 Å². The van der Waals surface area contributed by atoms with Gasteiger partial charge in [0.2, 0.25) is 0 Å². The Morgan fingerprint density at radius 2 is 2.40 bits per heavy atom. The van der Waals surface area contributed by atoms with E-state index in [4.69, 9.17) is 4.84 Å². The molecule has 0 radical (unpaired) electrons. The first kappa shape index (κ1) is 9.60. The van der Waals surface area contributed by atoms with Crippen LogP contribution in [0.25, 0.3) is 5.52 Å². The summed E-state index contributed by atoms with van der Waals surface area (Å²) in [5, 5.41) is 5.21. The first-order valence-corrected chi connectivity index (χ1v) is 4.34. The molecule has 0 aliphatic rings. The van der Waals surface area contributed by atoms with E-state index in [1.165, 1.54) is 14.2 Å². The monoisotopic (exact) mass is 206 g/mol. The van der Waals surface area contributed by atoms with Crippen LogP contribution in [0, 0.1) is 0 Å². The molecule has 6 nitrogen and oxygen atoms in total. The lowest BCUT2D eigenvalue weighted by molar-refractivity contribution is -0.0760. The number of carbonyl (C=O) groups excluding carboxylic acids is 1. The van der Waals surface area contributed by atoms with Crippen LogP contribution in [0.1, 0.15) is 10.5 Å². The summed E-state index contributed by atoms with van der Waals surface area (Å²) in [5.41, 5.74) is 1.10. The number of nitrogens with zero attached hydrogens (tertiary/aromatic N) is 4. The average Bonchev–Trinajstić information content (AvgIpc) is 2.70. The second-order valence-corrected chi connectivity index (χ2v) is 2.96. The first-order valence-electron chi connectivity index (χ1n) is 4.34. The summed E-state index contributed by atoms with van der Waals surface area (Å²) >= 11 is 0. The van der Waals surface area contributed by atoms with Crippen molar-refractivity contribution < 1.29 is 9.63 Å². The molecule has 0 unspecified atom stereocenters. The number of carbonyl (C=O) groups is 1. The normalized spacial score (nSPS) is 10.5. The maximum absolute atomic E-state index is 11.7. The Kier molecular flexibility index (Phi) is 2.34. The van der Waals surface area contributed by atoms with Crippen molar-refractivity contribution >= 4 is 11.4 Å². The molecule has 0 aromatic carbocycles. The van der Waals surface area contributed by atoms with Gasteiger partial charge in [0.05, 0.1) is 18.8 Å². The number of hydrogen-bond donors (Lipinski definition) is 0. The minimum atomic E-state index is -0.291. The van der Waals surface area contributed by atoms with Crippen LogP contribution in [0.3, 0.4) is 0 Å². The highest BCUT2D eigenvalue weighted by atomic mass is 16.7. The lowest BCUT2D eigenvalue weighted by Gasteiger charge is -2.10. The van der Waals surface area contributed by atoms with E-state index in [0.29, 0.717) is 5.69 Å². The predicted molar refractivity (Wildman–Crippen MR) is 52.1 cm³/mol. The summed E-state index contributed by atoms with van der Waals surface area (Å²) in [6, 6.07) is 1.66. The Morgan fingerprint density at radius 1 is 1.60 bits per heavy atom. The summed E-state index contributed by atoms with van der Waals surface area (Å²) in [6.45, 7) is 0. The quantitative estimate of drug-likeness (QED) is 0.666. The molecular formula is C9H10N4O2. The van der Waals surface area contributed by atoms with Crippen LogP contribution in [0.4, 0.5) is 0 Å². The number of hydroxylamine groups is 2. The van der Waals surface area contributed by atoms with E-state index >= 15 is 0 Å². The molecule has 0 saturated carbocycles. The zero-order valence-corrected chi connectivity index (χ0v) is 8.41. The number of rotatable bonds is 2. The topological polar surface area (TPSA) is 59.7 Å². The van der Waals surface area contributed by atoms with Crippen LogP contribution in [-0.2, 0) is 4.84 Å². The van der Waals surface area contributed by atoms with Crippen molar-refractivity contribution in [2.24, 2.45) is 0 Å². The van der Waals surface area contributed by atoms with Gasteiger partial charge < -0.3 is 0 Å². The Labute approximate surface area is 86.0 Å². The van der Waals surface area contributed by atoms with Gasteiger partial charge in [-0.3, -0.25) is 14.6 Å². The van der Waals surface area contributed by atoms with E-state index in [-0.39, 0.29) is 5.91 Å². The van der Waals surface area contributed by atoms with Crippen molar-refractivity contribution in [2.45, 2.75) is 0 Å². The summed E-state index contributed by atoms with van der Waals surface area (Å²) in [5.74, 6) is -0.291. The van der Waals surface area contributed by atoms with Gasteiger partial charge in [-0.05, 0) is 6.07 Å². The highest BCUT2D eigenvalue weighted by Gasteiger charge is 2.15. The largest absolute Gasteiger partial charge is 0.297 e. The Bertz CT molecular complexity index is 461. The zero-order valence-electron chi connectivity index (χ0n) is 8.41. The maximum Gasteiger partial charge on any atom is 0.297 e. The third-order valence-electron chi connectivity index (χ3n) is 2.04. The highest BCUT2D eigenvalue weighted by molar-refractivity contribution is 5.92. The van der Waals surface area contributed by atoms with Gasteiger partial charge in [-0.2, -0.15) is 5.10 Å². The highest BCUT2D eigenvalue weighted by Crippen LogP contribution is 2.06. The summed E-state index contributed by atoms with van der Waals surface area (Å²) in [7, 11) is 2.96. The fraction of sp³-hybridized carbons (Fsp3) is 0.222. The molecule has 0 saturated heterocycles. The third kappa shape index (κ3) is 1.66. The predicted octanol–water partition coefficient (Wildman–Crippen LogP) is 0.363. The molecule has 0 atom stereocenters. The van der Waals surface area contributed by atoms with E-state index in [1.807, 2.05) is 0 Å². The van der Waals surface area contributed by atoms with Crippen molar-refractivity contribution in [3.05, 3.63) is 30.4 Å². The molecule has 15 heavy (non-hydrogen) atoms. The smallest absolute Gasteiger partial charge is 0.274 e. The van der Waals surface area contributed by atoms with Crippen LogP contribution in [-0.4, -0.2) is 39.7 Å². The number of hydrogen-bond acceptors (Lipinski definition) is 4. The van der Waals surface area contributed by atoms with Crippen molar-refractivity contribution in [3.63, 3.8) is 0 Å². The van der Waals surface area contributed by atoms with Crippen LogP contribution in [0.15, 0.2) is 24.7 Å². The van der Waals surface area contributed by atoms with Crippen molar-refractivity contribution in [1.29, 1.82) is 0 Å². The van der Waals surface area contributed by atoms with Gasteiger partial charge in [0, 0.05) is 19.4 Å². The van der Waals surface area contributed by atoms with E-state index < -0.39 is 0 Å². The van der Waals surface area contributed by atoms with Gasteiger partial charge in [-0.25, -0.2) is 9.58 Å². The standard InChI is InChI=1S/C9H10N4O2/c1-12(15-2)9(14)8-5-7-6-10-3-4-13(7)11-8/h3-6H,1-2H3. The van der Waals surface area contributed by atoms with E-state index in [2.05, 4.69) is 10.1 Å². The molecule has 0 N–H and O–H groups in total. The fourth-order valence-corrected chi connectivity index (χ4v) is 1.19. The van der Waals surface area contributed by atoms with E-state index in [9.17, 15) is 4.79 Å². The summed E-state index contributed by atoms with van der Waals surface area (Å²) < 4.78 is 1.59. The molecule has 0 aliphatic heterocycles. The fourth-order valence-electron chi connectivity index (χ4n) is 1.19. The molecule has 1 amide bonds. The van der Waals surface area contributed by atoms with Gasteiger partial charge in [0.25, 0.3) is 5.91 Å². The third-order valence-corrected chi connectivity index (χ3v) is 2.04. The zero-order chi connectivity index (χ0) is 10.8. The number of aromatic nitrogens is 3. The number of amides is 1. The Balaban J connectivity index is 2.41. The SMILES string of the molecule is CON(C)C(=O)c1cc2cnccn2n1. The van der Waals surface area contributed by atoms with Crippen LogP contribution in [0.5, 0.6) is 0 Å². The molecule has 2 heterocycles. The van der Waals surface area contributed by atoms with Gasteiger partial charge in [-0.1, -0.05) is 0 Å². The van der Waals surface area contributed by atoms with Gasteiger partial charge in [-0.15, -0.1) is 0 Å².